The van der Waals surface area contributed by atoms with E-state index in [1.807, 2.05) is 29.1 Å². The highest BCUT2D eigenvalue weighted by Gasteiger charge is 2.22. The molecule has 0 aliphatic carbocycles. The van der Waals surface area contributed by atoms with Crippen LogP contribution < -0.4 is 4.74 Å². The standard InChI is InChI=1S/C44H46N4O/c1-9-44(7,8)33-18-21-39-38(25-33)37-20-19-36(27-40(37)47(39)41-24-31(22-23-45-41)28-43(4,5)6)49-35-17-13-16-34(26-35)48-30(3)42(29(2)46-48)32-14-11-10-12-15-32/h10-27H,9,28H2,1-8H3. The van der Waals surface area contributed by atoms with Crippen LogP contribution in [0.15, 0.2) is 109 Å². The molecule has 0 atom stereocenters. The van der Waals surface area contributed by atoms with Gasteiger partial charge in [0.15, 0.2) is 0 Å². The Morgan fingerprint density at radius 1 is 0.714 bits per heavy atom. The van der Waals surface area contributed by atoms with Gasteiger partial charge in [-0.2, -0.15) is 5.10 Å². The SMILES string of the molecule is CCC(C)(C)c1ccc2c(c1)c1ccc(Oc3cccc(-n4nc(C)c(-c5ccccc5)c4C)c3)cc1n2-c1cc(CC(C)(C)C)ccn1. The highest BCUT2D eigenvalue weighted by Crippen LogP contribution is 2.39. The van der Waals surface area contributed by atoms with Crippen molar-refractivity contribution in [2.24, 2.45) is 5.41 Å². The Bertz CT molecular complexity index is 2300. The van der Waals surface area contributed by atoms with E-state index in [1.165, 1.54) is 27.5 Å². The molecule has 0 amide bonds. The second kappa shape index (κ2) is 12.4. The van der Waals surface area contributed by atoms with Gasteiger partial charge in [0.05, 0.1) is 22.4 Å². The van der Waals surface area contributed by atoms with Crippen molar-refractivity contribution in [1.29, 1.82) is 0 Å². The molecule has 4 aromatic carbocycles. The van der Waals surface area contributed by atoms with Gasteiger partial charge in [-0.1, -0.05) is 84.0 Å². The molecule has 0 fully saturated rings. The van der Waals surface area contributed by atoms with Crippen LogP contribution in [0.5, 0.6) is 11.5 Å². The van der Waals surface area contributed by atoms with Crippen molar-refractivity contribution in [1.82, 2.24) is 19.3 Å². The molecule has 0 aliphatic heterocycles. The number of benzene rings is 4. The van der Waals surface area contributed by atoms with Crippen LogP contribution in [0.4, 0.5) is 0 Å². The fourth-order valence-corrected chi connectivity index (χ4v) is 6.97. The summed E-state index contributed by atoms with van der Waals surface area (Å²) in [5.41, 5.74) is 10.5. The Kier molecular flexibility index (Phi) is 8.18. The van der Waals surface area contributed by atoms with Gasteiger partial charge in [0.25, 0.3) is 0 Å². The predicted molar refractivity (Wildman–Crippen MR) is 204 cm³/mol. The van der Waals surface area contributed by atoms with Gasteiger partial charge in [-0.25, -0.2) is 9.67 Å². The molecule has 3 aromatic heterocycles. The lowest BCUT2D eigenvalue weighted by Gasteiger charge is -2.23. The van der Waals surface area contributed by atoms with Crippen LogP contribution in [0.2, 0.25) is 0 Å². The average molecular weight is 647 g/mol. The number of aromatic nitrogens is 4. The normalized spacial score (nSPS) is 12.2. The van der Waals surface area contributed by atoms with Gasteiger partial charge >= 0.3 is 0 Å². The van der Waals surface area contributed by atoms with E-state index in [-0.39, 0.29) is 10.8 Å². The van der Waals surface area contributed by atoms with Crippen LogP contribution in [-0.4, -0.2) is 19.3 Å². The maximum absolute atomic E-state index is 6.61. The number of rotatable bonds is 8. The zero-order valence-electron chi connectivity index (χ0n) is 30.0. The number of ether oxygens (including phenoxy) is 1. The third-order valence-corrected chi connectivity index (χ3v) is 9.83. The molecule has 7 rings (SSSR count). The lowest BCUT2D eigenvalue weighted by molar-refractivity contribution is 0.411. The van der Waals surface area contributed by atoms with E-state index in [1.54, 1.807) is 0 Å². The van der Waals surface area contributed by atoms with Crippen molar-refractivity contribution < 1.29 is 4.74 Å². The Labute approximate surface area is 290 Å². The molecular weight excluding hydrogens is 601 g/mol. The Balaban J connectivity index is 1.32. The fourth-order valence-electron chi connectivity index (χ4n) is 6.97. The quantitative estimate of drug-likeness (QED) is 0.165. The molecule has 0 saturated carbocycles. The fraction of sp³-hybridized carbons (Fsp3) is 0.273. The topological polar surface area (TPSA) is 44.9 Å². The van der Waals surface area contributed by atoms with Crippen LogP contribution in [0.1, 0.15) is 70.5 Å². The zero-order valence-corrected chi connectivity index (χ0v) is 30.0. The highest BCUT2D eigenvalue weighted by molar-refractivity contribution is 6.09. The van der Waals surface area contributed by atoms with Gasteiger partial charge < -0.3 is 4.74 Å². The number of nitrogens with zero attached hydrogens (tertiary/aromatic N) is 4. The average Bonchev–Trinajstić information content (AvgIpc) is 3.56. The number of hydrogen-bond donors (Lipinski definition) is 0. The van der Waals surface area contributed by atoms with E-state index >= 15 is 0 Å². The first kappa shape index (κ1) is 32.4. The van der Waals surface area contributed by atoms with Crippen molar-refractivity contribution >= 4 is 21.8 Å². The largest absolute Gasteiger partial charge is 0.457 e. The minimum Gasteiger partial charge on any atom is -0.457 e. The lowest BCUT2D eigenvalue weighted by atomic mass is 9.82. The molecule has 0 bridgehead atoms. The van der Waals surface area contributed by atoms with Crippen LogP contribution in [-0.2, 0) is 11.8 Å². The molecule has 5 heteroatoms. The van der Waals surface area contributed by atoms with Gasteiger partial charge in [0.1, 0.15) is 17.3 Å². The monoisotopic (exact) mass is 646 g/mol. The summed E-state index contributed by atoms with van der Waals surface area (Å²) in [4.78, 5) is 4.91. The minimum absolute atomic E-state index is 0.0783. The van der Waals surface area contributed by atoms with E-state index in [4.69, 9.17) is 14.8 Å². The zero-order chi connectivity index (χ0) is 34.5. The van der Waals surface area contributed by atoms with E-state index in [2.05, 4.69) is 145 Å². The van der Waals surface area contributed by atoms with Crippen molar-refractivity contribution in [2.75, 3.05) is 0 Å². The number of pyridine rings is 1. The first-order valence-electron chi connectivity index (χ1n) is 17.4. The van der Waals surface area contributed by atoms with Gasteiger partial charge in [-0.15, -0.1) is 0 Å². The smallest absolute Gasteiger partial charge is 0.137 e. The molecule has 7 aromatic rings. The van der Waals surface area contributed by atoms with E-state index in [0.717, 1.165) is 63.8 Å². The van der Waals surface area contributed by atoms with E-state index in [0.29, 0.717) is 0 Å². The molecule has 248 valence electrons. The molecule has 0 spiro atoms. The first-order chi connectivity index (χ1) is 23.4. The van der Waals surface area contributed by atoms with Crippen molar-refractivity contribution in [3.05, 3.63) is 132 Å². The third-order valence-electron chi connectivity index (χ3n) is 9.83. The molecule has 0 saturated heterocycles. The molecule has 3 heterocycles. The molecule has 0 unspecified atom stereocenters. The summed E-state index contributed by atoms with van der Waals surface area (Å²) in [6.45, 7) is 17.9. The Morgan fingerprint density at radius 3 is 2.24 bits per heavy atom. The number of hydrogen-bond acceptors (Lipinski definition) is 3. The summed E-state index contributed by atoms with van der Waals surface area (Å²) in [6.07, 6.45) is 3.98. The van der Waals surface area contributed by atoms with Crippen LogP contribution >= 0.6 is 0 Å². The molecule has 0 aliphatic rings. The summed E-state index contributed by atoms with van der Waals surface area (Å²) in [6, 6.07) is 36.4. The van der Waals surface area contributed by atoms with Gasteiger partial charge in [-0.05, 0) is 103 Å². The maximum Gasteiger partial charge on any atom is 0.137 e. The van der Waals surface area contributed by atoms with Gasteiger partial charge in [0.2, 0.25) is 0 Å². The summed E-state index contributed by atoms with van der Waals surface area (Å²) >= 11 is 0. The van der Waals surface area contributed by atoms with Gasteiger partial charge in [-0.3, -0.25) is 4.57 Å². The molecular formula is C44H46N4O. The highest BCUT2D eigenvalue weighted by atomic mass is 16.5. The van der Waals surface area contributed by atoms with Crippen LogP contribution in [0.25, 0.3) is 44.4 Å². The van der Waals surface area contributed by atoms with Crippen LogP contribution in [0, 0.1) is 19.3 Å². The minimum atomic E-state index is 0.0783. The first-order valence-corrected chi connectivity index (χ1v) is 17.4. The molecule has 0 radical (unpaired) electrons. The second-order valence-corrected chi connectivity index (χ2v) is 15.2. The molecule has 49 heavy (non-hydrogen) atoms. The van der Waals surface area contributed by atoms with Crippen LogP contribution in [0.3, 0.4) is 0 Å². The lowest BCUT2D eigenvalue weighted by Crippen LogP contribution is -2.15. The predicted octanol–water partition coefficient (Wildman–Crippen LogP) is 11.7. The van der Waals surface area contributed by atoms with Gasteiger partial charge in [0, 0.05) is 40.4 Å². The van der Waals surface area contributed by atoms with E-state index in [9.17, 15) is 0 Å². The summed E-state index contributed by atoms with van der Waals surface area (Å²) in [5.74, 6) is 2.44. The Hall–Kier alpha value is -5.16. The second-order valence-electron chi connectivity index (χ2n) is 15.2. The van der Waals surface area contributed by atoms with E-state index < -0.39 is 0 Å². The van der Waals surface area contributed by atoms with Crippen molar-refractivity contribution in [3.8, 4) is 34.1 Å². The molecule has 5 nitrogen and oxygen atoms in total. The summed E-state index contributed by atoms with van der Waals surface area (Å²) in [7, 11) is 0. The summed E-state index contributed by atoms with van der Waals surface area (Å²) in [5, 5.41) is 7.34. The number of aryl methyl sites for hydroxylation is 1. The molecule has 0 N–H and O–H groups in total. The number of fused-ring (bicyclic) bond motifs is 3. The maximum atomic E-state index is 6.61. The third kappa shape index (κ3) is 6.26. The van der Waals surface area contributed by atoms with Crippen molar-refractivity contribution in [2.45, 2.75) is 73.6 Å². The summed E-state index contributed by atoms with van der Waals surface area (Å²) < 4.78 is 10.9. The van der Waals surface area contributed by atoms with Crippen molar-refractivity contribution in [3.63, 3.8) is 0 Å². The Morgan fingerprint density at radius 2 is 1.49 bits per heavy atom.